The Labute approximate surface area is 156 Å². The summed E-state index contributed by atoms with van der Waals surface area (Å²) in [6.07, 6.45) is -2.68. The molecule has 124 valence electrons. The molecule has 2 atom stereocenters. The van der Waals surface area contributed by atoms with Crippen LogP contribution in [-0.2, 0) is 14.9 Å². The Kier molecular flexibility index (Phi) is 5.32. The van der Waals surface area contributed by atoms with Gasteiger partial charge in [-0.2, -0.15) is 8.42 Å². The fourth-order valence-electron chi connectivity index (χ4n) is 1.74. The molecule has 0 radical (unpaired) electrons. The van der Waals surface area contributed by atoms with Gasteiger partial charge < -0.3 is 9.47 Å². The highest BCUT2D eigenvalue weighted by Crippen LogP contribution is 2.51. The van der Waals surface area contributed by atoms with Gasteiger partial charge in [0.15, 0.2) is 0 Å². The Morgan fingerprint density at radius 1 is 1.05 bits per heavy atom. The number of ether oxygens (including phenoxy) is 2. The average molecular weight is 451 g/mol. The molecule has 0 aliphatic carbocycles. The molecule has 0 spiro atoms. The van der Waals surface area contributed by atoms with Gasteiger partial charge >= 0.3 is 0 Å². The van der Waals surface area contributed by atoms with Crippen LogP contribution in [0.3, 0.4) is 0 Å². The number of hydrogen-bond acceptors (Lipinski definition) is 4. The lowest BCUT2D eigenvalue weighted by Gasteiger charge is -2.38. The first kappa shape index (κ1) is 19.0. The van der Waals surface area contributed by atoms with Crippen LogP contribution < -0.4 is 4.74 Å². The van der Waals surface area contributed by atoms with Crippen molar-refractivity contribution in [2.24, 2.45) is 0 Å². The van der Waals surface area contributed by atoms with E-state index in [4.69, 9.17) is 83.6 Å². The molecule has 0 bridgehead atoms. The van der Waals surface area contributed by atoms with Gasteiger partial charge in [0.1, 0.15) is 11.9 Å². The molecule has 1 aliphatic heterocycles. The zero-order chi connectivity index (χ0) is 16.9. The van der Waals surface area contributed by atoms with Gasteiger partial charge in [-0.05, 0) is 18.2 Å². The number of halogens is 6. The van der Waals surface area contributed by atoms with E-state index in [2.05, 4.69) is 0 Å². The van der Waals surface area contributed by atoms with Crippen molar-refractivity contribution in [3.05, 3.63) is 23.8 Å². The van der Waals surface area contributed by atoms with E-state index in [-0.39, 0.29) is 11.3 Å². The van der Waals surface area contributed by atoms with Crippen LogP contribution >= 0.6 is 69.6 Å². The maximum Gasteiger partial charge on any atom is 0.294 e. The summed E-state index contributed by atoms with van der Waals surface area (Å²) in [4.78, 5) is -0.426. The van der Waals surface area contributed by atoms with Gasteiger partial charge in [0.2, 0.25) is 10.1 Å². The van der Waals surface area contributed by atoms with Crippen molar-refractivity contribution in [1.29, 1.82) is 0 Å². The maximum absolute atomic E-state index is 11.2. The number of fused-ring (bicyclic) bond motifs is 1. The van der Waals surface area contributed by atoms with Crippen molar-refractivity contribution in [2.45, 2.75) is 24.9 Å². The molecule has 0 aromatic heterocycles. The summed E-state index contributed by atoms with van der Waals surface area (Å²) in [6.45, 7) is 0. The summed E-state index contributed by atoms with van der Waals surface area (Å²) in [5.74, 6) is 0.0892. The van der Waals surface area contributed by atoms with Gasteiger partial charge in [0, 0.05) is 5.56 Å². The van der Waals surface area contributed by atoms with E-state index in [1.54, 1.807) is 0 Å². The van der Waals surface area contributed by atoms with Crippen LogP contribution in [0.1, 0.15) is 11.7 Å². The highest BCUT2D eigenvalue weighted by atomic mass is 35.6. The second kappa shape index (κ2) is 6.17. The maximum atomic E-state index is 11.2. The van der Waals surface area contributed by atoms with E-state index in [0.717, 1.165) is 12.1 Å². The second-order valence-electron chi connectivity index (χ2n) is 4.22. The topological polar surface area (TPSA) is 72.8 Å². The van der Waals surface area contributed by atoms with Crippen molar-refractivity contribution in [1.82, 2.24) is 0 Å². The molecule has 2 rings (SSSR count). The summed E-state index contributed by atoms with van der Waals surface area (Å²) < 4.78 is 38.2. The van der Waals surface area contributed by atoms with Gasteiger partial charge in [-0.1, -0.05) is 69.6 Å². The van der Waals surface area contributed by atoms with E-state index in [0.29, 0.717) is 0 Å². The van der Waals surface area contributed by atoms with Crippen molar-refractivity contribution >= 4 is 79.7 Å². The first-order valence-corrected chi connectivity index (χ1v) is 9.08. The van der Waals surface area contributed by atoms with Crippen molar-refractivity contribution in [3.8, 4) is 5.75 Å². The Bertz CT molecular complexity index is 680. The molecule has 0 amide bonds. The standard InChI is InChI=1S/C10H6Cl6O5S/c11-9(12,13)7-5-3-4(22(17,18)19)1-2-6(5)20-8(21-7)10(14,15)16/h1-3,7-8H,(H,17,18,19)/t7-,8+/m1/s1. The lowest BCUT2D eigenvalue weighted by atomic mass is 10.1. The Balaban J connectivity index is 2.57. The van der Waals surface area contributed by atoms with E-state index >= 15 is 0 Å². The molecule has 5 nitrogen and oxygen atoms in total. The highest BCUT2D eigenvalue weighted by Gasteiger charge is 2.48. The Morgan fingerprint density at radius 3 is 2.09 bits per heavy atom. The van der Waals surface area contributed by atoms with Gasteiger partial charge in [-0.25, -0.2) is 0 Å². The lowest BCUT2D eigenvalue weighted by molar-refractivity contribution is -0.136. The van der Waals surface area contributed by atoms with E-state index in [9.17, 15) is 8.42 Å². The van der Waals surface area contributed by atoms with Gasteiger partial charge in [0.25, 0.3) is 13.9 Å². The molecule has 0 fully saturated rings. The van der Waals surface area contributed by atoms with E-state index < -0.39 is 35.0 Å². The third-order valence-electron chi connectivity index (χ3n) is 2.62. The molecule has 1 N–H and O–H groups in total. The average Bonchev–Trinajstić information content (AvgIpc) is 2.33. The largest absolute Gasteiger partial charge is 0.460 e. The summed E-state index contributed by atoms with van der Waals surface area (Å²) in [5.41, 5.74) is 0.0700. The Hall–Kier alpha value is 0.630. The lowest BCUT2D eigenvalue weighted by Crippen LogP contribution is -2.42. The quantitative estimate of drug-likeness (QED) is 0.505. The summed E-state index contributed by atoms with van der Waals surface area (Å²) >= 11 is 34.6. The monoisotopic (exact) mass is 448 g/mol. The third kappa shape index (κ3) is 4.18. The molecule has 1 aromatic carbocycles. The van der Waals surface area contributed by atoms with Crippen LogP contribution in [0.15, 0.2) is 23.1 Å². The SMILES string of the molecule is O=S(=O)(O)c1ccc2c(c1)[C@H](C(Cl)(Cl)Cl)O[C@@H](C(Cl)(Cl)Cl)O2. The minimum Gasteiger partial charge on any atom is -0.460 e. The van der Waals surface area contributed by atoms with Crippen LogP contribution in [0.25, 0.3) is 0 Å². The van der Waals surface area contributed by atoms with Crippen molar-refractivity contribution in [2.75, 3.05) is 0 Å². The van der Waals surface area contributed by atoms with Crippen LogP contribution in [0.4, 0.5) is 0 Å². The van der Waals surface area contributed by atoms with Gasteiger partial charge in [0.05, 0.1) is 4.90 Å². The predicted molar refractivity (Wildman–Crippen MR) is 85.1 cm³/mol. The molecule has 0 saturated carbocycles. The van der Waals surface area contributed by atoms with Crippen molar-refractivity contribution in [3.63, 3.8) is 0 Å². The normalized spacial score (nSPS) is 22.9. The summed E-state index contributed by atoms with van der Waals surface area (Å²) in [5, 5.41) is 0. The molecule has 12 heteroatoms. The van der Waals surface area contributed by atoms with Crippen LogP contribution in [0, 0.1) is 0 Å². The van der Waals surface area contributed by atoms with Crippen LogP contribution in [-0.4, -0.2) is 26.8 Å². The fraction of sp³-hybridized carbons (Fsp3) is 0.400. The van der Waals surface area contributed by atoms with Crippen LogP contribution in [0.5, 0.6) is 5.75 Å². The Morgan fingerprint density at radius 2 is 1.64 bits per heavy atom. The first-order valence-electron chi connectivity index (χ1n) is 5.37. The molecular weight excluding hydrogens is 445 g/mol. The minimum atomic E-state index is -4.47. The van der Waals surface area contributed by atoms with Crippen molar-refractivity contribution < 1.29 is 22.4 Å². The molecule has 22 heavy (non-hydrogen) atoms. The van der Waals surface area contributed by atoms with Gasteiger partial charge in [-0.15, -0.1) is 0 Å². The van der Waals surface area contributed by atoms with E-state index in [1.807, 2.05) is 0 Å². The second-order valence-corrected chi connectivity index (χ2v) is 10.4. The molecular formula is C10H6Cl6O5S. The first-order chi connectivity index (χ1) is 9.80. The molecule has 0 unspecified atom stereocenters. The van der Waals surface area contributed by atoms with E-state index in [1.165, 1.54) is 6.07 Å². The number of benzene rings is 1. The highest BCUT2D eigenvalue weighted by molar-refractivity contribution is 7.85. The molecule has 0 saturated heterocycles. The summed E-state index contributed by atoms with van der Waals surface area (Å²) in [6, 6.07) is 3.37. The molecule has 1 heterocycles. The van der Waals surface area contributed by atoms with Crippen LogP contribution in [0.2, 0.25) is 0 Å². The number of hydrogen-bond donors (Lipinski definition) is 1. The zero-order valence-corrected chi connectivity index (χ0v) is 15.5. The minimum absolute atomic E-state index is 0.0700. The summed E-state index contributed by atoms with van der Waals surface area (Å²) in [7, 11) is -4.47. The molecule has 1 aromatic rings. The number of rotatable bonds is 1. The third-order valence-corrected chi connectivity index (χ3v) is 4.60. The van der Waals surface area contributed by atoms with Gasteiger partial charge in [-0.3, -0.25) is 4.55 Å². The fourth-order valence-corrected chi connectivity index (χ4v) is 3.05. The smallest absolute Gasteiger partial charge is 0.294 e. The zero-order valence-electron chi connectivity index (χ0n) is 10.1. The number of alkyl halides is 6. The predicted octanol–water partition coefficient (Wildman–Crippen LogP) is 4.45. The molecule has 1 aliphatic rings.